The standard InChI is InChI=1S/C17H26FNO/c1-17(2,3)12-5-7-13(8-6-12)19-14-9-10-15(18)16(11-14)20-4/h9-13,19H,5-8H2,1-4H3. The summed E-state index contributed by atoms with van der Waals surface area (Å²) >= 11 is 0. The normalized spacial score (nSPS) is 23.4. The average molecular weight is 279 g/mol. The molecule has 0 aliphatic heterocycles. The SMILES string of the molecule is COc1cc(NC2CCC(C(C)(C)C)CC2)ccc1F. The maximum absolute atomic E-state index is 13.4. The lowest BCUT2D eigenvalue weighted by Gasteiger charge is -2.37. The summed E-state index contributed by atoms with van der Waals surface area (Å²) < 4.78 is 18.4. The lowest BCUT2D eigenvalue weighted by molar-refractivity contribution is 0.173. The highest BCUT2D eigenvalue weighted by Gasteiger charge is 2.29. The van der Waals surface area contributed by atoms with Gasteiger partial charge in [-0.3, -0.25) is 0 Å². The van der Waals surface area contributed by atoms with Gasteiger partial charge in [0.1, 0.15) is 0 Å². The van der Waals surface area contributed by atoms with Crippen LogP contribution in [0.15, 0.2) is 18.2 Å². The van der Waals surface area contributed by atoms with Crippen LogP contribution in [-0.4, -0.2) is 13.2 Å². The average Bonchev–Trinajstić information content (AvgIpc) is 2.40. The third-order valence-electron chi connectivity index (χ3n) is 4.47. The van der Waals surface area contributed by atoms with Gasteiger partial charge in [0.05, 0.1) is 7.11 Å². The maximum atomic E-state index is 13.4. The molecule has 0 bridgehead atoms. The van der Waals surface area contributed by atoms with Crippen LogP contribution in [0.2, 0.25) is 0 Å². The highest BCUT2D eigenvalue weighted by atomic mass is 19.1. The van der Waals surface area contributed by atoms with Crippen molar-refractivity contribution in [2.24, 2.45) is 11.3 Å². The summed E-state index contributed by atoms with van der Waals surface area (Å²) in [4.78, 5) is 0. The molecular formula is C17H26FNO. The van der Waals surface area contributed by atoms with E-state index in [-0.39, 0.29) is 5.82 Å². The molecule has 3 heteroatoms. The van der Waals surface area contributed by atoms with Gasteiger partial charge in [0.2, 0.25) is 0 Å². The highest BCUT2D eigenvalue weighted by molar-refractivity contribution is 5.49. The molecule has 112 valence electrons. The number of benzene rings is 1. The van der Waals surface area contributed by atoms with Gasteiger partial charge in [-0.15, -0.1) is 0 Å². The van der Waals surface area contributed by atoms with Crippen molar-refractivity contribution < 1.29 is 9.13 Å². The first-order valence-electron chi connectivity index (χ1n) is 7.50. The summed E-state index contributed by atoms with van der Waals surface area (Å²) in [6, 6.07) is 5.48. The first-order chi connectivity index (χ1) is 9.40. The molecule has 20 heavy (non-hydrogen) atoms. The number of anilines is 1. The Kier molecular flexibility index (Phi) is 4.56. The predicted molar refractivity (Wildman–Crippen MR) is 81.8 cm³/mol. The first-order valence-corrected chi connectivity index (χ1v) is 7.50. The van der Waals surface area contributed by atoms with Gasteiger partial charge >= 0.3 is 0 Å². The van der Waals surface area contributed by atoms with Crippen molar-refractivity contribution in [1.82, 2.24) is 0 Å². The molecule has 1 N–H and O–H groups in total. The van der Waals surface area contributed by atoms with Crippen molar-refractivity contribution in [3.8, 4) is 5.75 Å². The Morgan fingerprint density at radius 1 is 1.15 bits per heavy atom. The van der Waals surface area contributed by atoms with Crippen LogP contribution < -0.4 is 10.1 Å². The molecule has 0 atom stereocenters. The molecule has 0 heterocycles. The van der Waals surface area contributed by atoms with Crippen LogP contribution in [0.5, 0.6) is 5.75 Å². The third-order valence-corrected chi connectivity index (χ3v) is 4.47. The molecule has 1 aromatic carbocycles. The van der Waals surface area contributed by atoms with Gasteiger partial charge in [0.15, 0.2) is 11.6 Å². The van der Waals surface area contributed by atoms with Crippen molar-refractivity contribution in [3.05, 3.63) is 24.0 Å². The molecule has 1 saturated carbocycles. The van der Waals surface area contributed by atoms with Gasteiger partial charge in [-0.1, -0.05) is 20.8 Å². The molecule has 0 radical (unpaired) electrons. The van der Waals surface area contributed by atoms with E-state index in [0.29, 0.717) is 17.2 Å². The molecule has 0 spiro atoms. The molecule has 2 rings (SSSR count). The van der Waals surface area contributed by atoms with Crippen molar-refractivity contribution >= 4 is 5.69 Å². The Morgan fingerprint density at radius 2 is 1.80 bits per heavy atom. The van der Waals surface area contributed by atoms with Gasteiger partial charge in [0.25, 0.3) is 0 Å². The summed E-state index contributed by atoms with van der Waals surface area (Å²) in [6.07, 6.45) is 4.89. The van der Waals surface area contributed by atoms with E-state index in [1.807, 2.05) is 0 Å². The van der Waals surface area contributed by atoms with Crippen LogP contribution >= 0.6 is 0 Å². The van der Waals surface area contributed by atoms with Gasteiger partial charge in [-0.25, -0.2) is 4.39 Å². The summed E-state index contributed by atoms with van der Waals surface area (Å²) in [6.45, 7) is 6.99. The number of rotatable bonds is 3. The monoisotopic (exact) mass is 279 g/mol. The van der Waals surface area contributed by atoms with Crippen LogP contribution in [0.3, 0.4) is 0 Å². The van der Waals surface area contributed by atoms with Gasteiger partial charge in [-0.05, 0) is 49.1 Å². The molecule has 0 unspecified atom stereocenters. The maximum Gasteiger partial charge on any atom is 0.165 e. The number of halogens is 1. The smallest absolute Gasteiger partial charge is 0.165 e. The minimum Gasteiger partial charge on any atom is -0.494 e. The molecule has 0 aromatic heterocycles. The molecule has 1 aromatic rings. The molecule has 1 fully saturated rings. The van der Waals surface area contributed by atoms with Crippen molar-refractivity contribution in [3.63, 3.8) is 0 Å². The quantitative estimate of drug-likeness (QED) is 0.854. The Morgan fingerprint density at radius 3 is 2.35 bits per heavy atom. The van der Waals surface area contributed by atoms with E-state index in [2.05, 4.69) is 26.1 Å². The third kappa shape index (κ3) is 3.65. The van der Waals surface area contributed by atoms with E-state index in [1.165, 1.54) is 38.9 Å². The van der Waals surface area contributed by atoms with Gasteiger partial charge in [0, 0.05) is 17.8 Å². The molecule has 1 aliphatic rings. The van der Waals surface area contributed by atoms with E-state index >= 15 is 0 Å². The number of methoxy groups -OCH3 is 1. The second-order valence-corrected chi connectivity index (χ2v) is 6.91. The van der Waals surface area contributed by atoms with E-state index in [9.17, 15) is 4.39 Å². The lowest BCUT2D eigenvalue weighted by atomic mass is 9.71. The zero-order valence-electron chi connectivity index (χ0n) is 13.0. The number of hydrogen-bond donors (Lipinski definition) is 1. The number of nitrogens with one attached hydrogen (secondary N) is 1. The Labute approximate surface area is 121 Å². The Hall–Kier alpha value is -1.25. The van der Waals surface area contributed by atoms with Crippen LogP contribution in [0.25, 0.3) is 0 Å². The molecule has 2 nitrogen and oxygen atoms in total. The summed E-state index contributed by atoms with van der Waals surface area (Å²) in [5.74, 6) is 0.802. The van der Waals surface area contributed by atoms with Crippen molar-refractivity contribution in [2.45, 2.75) is 52.5 Å². The van der Waals surface area contributed by atoms with Gasteiger partial charge < -0.3 is 10.1 Å². The largest absolute Gasteiger partial charge is 0.494 e. The summed E-state index contributed by atoms with van der Waals surface area (Å²) in [5.41, 5.74) is 1.35. The van der Waals surface area contributed by atoms with E-state index in [1.54, 1.807) is 12.1 Å². The minimum atomic E-state index is -0.311. The van der Waals surface area contributed by atoms with Gasteiger partial charge in [-0.2, -0.15) is 0 Å². The fourth-order valence-corrected chi connectivity index (χ4v) is 3.09. The summed E-state index contributed by atoms with van der Waals surface area (Å²) in [5, 5.41) is 3.51. The molecule has 1 aliphatic carbocycles. The fourth-order valence-electron chi connectivity index (χ4n) is 3.09. The summed E-state index contributed by atoms with van der Waals surface area (Å²) in [7, 11) is 1.50. The number of hydrogen-bond acceptors (Lipinski definition) is 2. The van der Waals surface area contributed by atoms with E-state index in [4.69, 9.17) is 4.74 Å². The van der Waals surface area contributed by atoms with Crippen LogP contribution in [-0.2, 0) is 0 Å². The Bertz CT molecular complexity index is 445. The zero-order chi connectivity index (χ0) is 14.8. The zero-order valence-corrected chi connectivity index (χ0v) is 13.0. The second kappa shape index (κ2) is 6.02. The van der Waals surface area contributed by atoms with E-state index < -0.39 is 0 Å². The van der Waals surface area contributed by atoms with Crippen molar-refractivity contribution in [2.75, 3.05) is 12.4 Å². The second-order valence-electron chi connectivity index (χ2n) is 6.91. The molecule has 0 saturated heterocycles. The predicted octanol–water partition coefficient (Wildman–Crippen LogP) is 4.85. The molecular weight excluding hydrogens is 253 g/mol. The van der Waals surface area contributed by atoms with Crippen LogP contribution in [0.1, 0.15) is 46.5 Å². The van der Waals surface area contributed by atoms with Crippen LogP contribution in [0.4, 0.5) is 10.1 Å². The van der Waals surface area contributed by atoms with Crippen LogP contribution in [0, 0.1) is 17.2 Å². The Balaban J connectivity index is 1.93. The highest BCUT2D eigenvalue weighted by Crippen LogP contribution is 2.38. The molecule has 0 amide bonds. The first kappa shape index (κ1) is 15.1. The minimum absolute atomic E-state index is 0.304. The number of ether oxygens (including phenoxy) is 1. The van der Waals surface area contributed by atoms with Crippen molar-refractivity contribution in [1.29, 1.82) is 0 Å². The fraction of sp³-hybridized carbons (Fsp3) is 0.647. The topological polar surface area (TPSA) is 21.3 Å². The lowest BCUT2D eigenvalue weighted by Crippen LogP contribution is -2.31. The van der Waals surface area contributed by atoms with E-state index in [0.717, 1.165) is 11.6 Å².